The van der Waals surface area contributed by atoms with Gasteiger partial charge in [0.1, 0.15) is 0 Å². The summed E-state index contributed by atoms with van der Waals surface area (Å²) in [6, 6.07) is 0. The zero-order valence-electron chi connectivity index (χ0n) is 11.1. The van der Waals surface area contributed by atoms with E-state index in [1.807, 2.05) is 0 Å². The topological polar surface area (TPSA) is 9.23 Å². The molecule has 0 aliphatic heterocycles. The number of rotatable bonds is 5. The van der Waals surface area contributed by atoms with Gasteiger partial charge in [0.05, 0.1) is 12.7 Å². The van der Waals surface area contributed by atoms with Gasteiger partial charge in [-0.05, 0) is 25.7 Å². The lowest BCUT2D eigenvalue weighted by Gasteiger charge is -2.32. The predicted molar refractivity (Wildman–Crippen MR) is 74.2 cm³/mol. The summed E-state index contributed by atoms with van der Waals surface area (Å²) in [5.41, 5.74) is 0.416. The maximum Gasteiger partial charge on any atom is 0.0570 e. The van der Waals surface area contributed by atoms with Crippen molar-refractivity contribution in [3.05, 3.63) is 0 Å². The van der Waals surface area contributed by atoms with Crippen LogP contribution in [0, 0.1) is 11.3 Å². The summed E-state index contributed by atoms with van der Waals surface area (Å²) < 4.78 is 6.06. The van der Waals surface area contributed by atoms with E-state index in [0.29, 0.717) is 17.4 Å². The highest BCUT2D eigenvalue weighted by molar-refractivity contribution is 9.09. The van der Waals surface area contributed by atoms with Crippen molar-refractivity contribution in [1.29, 1.82) is 0 Å². The van der Waals surface area contributed by atoms with Crippen molar-refractivity contribution >= 4 is 15.9 Å². The lowest BCUT2D eigenvalue weighted by atomic mass is 9.83. The highest BCUT2D eigenvalue weighted by Crippen LogP contribution is 2.37. The van der Waals surface area contributed by atoms with Gasteiger partial charge in [-0.15, -0.1) is 0 Å². The molecule has 16 heavy (non-hydrogen) atoms. The van der Waals surface area contributed by atoms with E-state index in [1.54, 1.807) is 0 Å². The SMILES string of the molecule is CC(C)C(C)OCC1(CBr)CCCCCC1. The summed E-state index contributed by atoms with van der Waals surface area (Å²) in [7, 11) is 0. The van der Waals surface area contributed by atoms with Gasteiger partial charge in [-0.3, -0.25) is 0 Å². The quantitative estimate of drug-likeness (QED) is 0.523. The first-order valence-corrected chi connectivity index (χ1v) is 7.89. The summed E-state index contributed by atoms with van der Waals surface area (Å²) in [6.45, 7) is 7.61. The van der Waals surface area contributed by atoms with Crippen molar-refractivity contribution in [2.45, 2.75) is 65.4 Å². The molecule has 0 spiro atoms. The smallest absolute Gasteiger partial charge is 0.0570 e. The molecule has 1 atom stereocenters. The minimum absolute atomic E-state index is 0.388. The van der Waals surface area contributed by atoms with Gasteiger partial charge in [-0.1, -0.05) is 55.5 Å². The number of halogens is 1. The van der Waals surface area contributed by atoms with E-state index in [4.69, 9.17) is 4.74 Å². The van der Waals surface area contributed by atoms with Crippen LogP contribution >= 0.6 is 15.9 Å². The van der Waals surface area contributed by atoms with E-state index >= 15 is 0 Å². The maximum atomic E-state index is 6.06. The van der Waals surface area contributed by atoms with Gasteiger partial charge >= 0.3 is 0 Å². The molecular weight excluding hydrogens is 264 g/mol. The second kappa shape index (κ2) is 7.00. The minimum atomic E-state index is 0.388. The summed E-state index contributed by atoms with van der Waals surface area (Å²) in [4.78, 5) is 0. The average Bonchev–Trinajstić information content (AvgIpc) is 2.52. The molecule has 1 rings (SSSR count). The standard InChI is InChI=1S/C14H27BrO/c1-12(2)13(3)16-11-14(10-15)8-6-4-5-7-9-14/h12-13H,4-11H2,1-3H3. The lowest BCUT2D eigenvalue weighted by Crippen LogP contribution is -2.31. The Morgan fingerprint density at radius 3 is 2.06 bits per heavy atom. The molecule has 0 saturated heterocycles. The zero-order chi connectivity index (χ0) is 12.0. The molecule has 0 aromatic carbocycles. The second-order valence-corrected chi connectivity index (χ2v) is 6.37. The number of alkyl halides is 1. The zero-order valence-corrected chi connectivity index (χ0v) is 12.7. The molecule has 0 heterocycles. The predicted octanol–water partition coefficient (Wildman–Crippen LogP) is 4.78. The molecule has 1 nitrogen and oxygen atoms in total. The Hall–Kier alpha value is 0.440. The van der Waals surface area contributed by atoms with Crippen LogP contribution in [0.1, 0.15) is 59.3 Å². The normalized spacial score (nSPS) is 23.1. The maximum absolute atomic E-state index is 6.06. The first-order valence-electron chi connectivity index (χ1n) is 6.77. The number of ether oxygens (including phenoxy) is 1. The van der Waals surface area contributed by atoms with Gasteiger partial charge in [0.2, 0.25) is 0 Å². The first-order chi connectivity index (χ1) is 7.59. The number of hydrogen-bond acceptors (Lipinski definition) is 1. The highest BCUT2D eigenvalue weighted by atomic mass is 79.9. The largest absolute Gasteiger partial charge is 0.378 e. The summed E-state index contributed by atoms with van der Waals surface area (Å²) in [5.74, 6) is 0.623. The molecule has 96 valence electrons. The number of hydrogen-bond donors (Lipinski definition) is 0. The Morgan fingerprint density at radius 2 is 1.62 bits per heavy atom. The van der Waals surface area contributed by atoms with Gasteiger partial charge in [0.25, 0.3) is 0 Å². The van der Waals surface area contributed by atoms with Gasteiger partial charge in [-0.25, -0.2) is 0 Å². The van der Waals surface area contributed by atoms with Crippen molar-refractivity contribution in [3.63, 3.8) is 0 Å². The van der Waals surface area contributed by atoms with E-state index in [0.717, 1.165) is 11.9 Å². The molecule has 1 fully saturated rings. The summed E-state index contributed by atoms with van der Waals surface area (Å²) in [6.07, 6.45) is 8.64. The molecule has 1 saturated carbocycles. The molecule has 0 aromatic rings. The molecule has 1 aliphatic carbocycles. The molecule has 0 aromatic heterocycles. The van der Waals surface area contributed by atoms with Crippen molar-refractivity contribution in [2.24, 2.45) is 11.3 Å². The Kier molecular flexibility index (Phi) is 6.35. The Labute approximate surface area is 109 Å². The molecule has 0 radical (unpaired) electrons. The molecule has 1 aliphatic rings. The average molecular weight is 291 g/mol. The Bertz CT molecular complexity index is 183. The van der Waals surface area contributed by atoms with Crippen LogP contribution in [-0.2, 0) is 4.74 Å². The molecular formula is C14H27BrO. The van der Waals surface area contributed by atoms with Crippen LogP contribution in [-0.4, -0.2) is 18.0 Å². The monoisotopic (exact) mass is 290 g/mol. The third-order valence-corrected chi connectivity index (χ3v) is 5.23. The van der Waals surface area contributed by atoms with E-state index in [-0.39, 0.29) is 0 Å². The molecule has 0 N–H and O–H groups in total. The molecule has 1 unspecified atom stereocenters. The van der Waals surface area contributed by atoms with E-state index in [9.17, 15) is 0 Å². The van der Waals surface area contributed by atoms with Crippen LogP contribution in [0.5, 0.6) is 0 Å². The third kappa shape index (κ3) is 4.37. The fourth-order valence-electron chi connectivity index (χ4n) is 2.30. The molecule has 2 heteroatoms. The van der Waals surface area contributed by atoms with Gasteiger partial charge in [0, 0.05) is 10.7 Å². The lowest BCUT2D eigenvalue weighted by molar-refractivity contribution is -0.0185. The Morgan fingerprint density at radius 1 is 1.06 bits per heavy atom. The Balaban J connectivity index is 2.45. The van der Waals surface area contributed by atoms with Crippen molar-refractivity contribution in [2.75, 3.05) is 11.9 Å². The fourth-order valence-corrected chi connectivity index (χ4v) is 3.02. The van der Waals surface area contributed by atoms with Crippen LogP contribution in [0.2, 0.25) is 0 Å². The van der Waals surface area contributed by atoms with E-state index in [1.165, 1.54) is 38.5 Å². The van der Waals surface area contributed by atoms with Crippen LogP contribution in [0.25, 0.3) is 0 Å². The molecule has 0 amide bonds. The van der Waals surface area contributed by atoms with Gasteiger partial charge < -0.3 is 4.74 Å². The van der Waals surface area contributed by atoms with Crippen molar-refractivity contribution in [3.8, 4) is 0 Å². The minimum Gasteiger partial charge on any atom is -0.378 e. The van der Waals surface area contributed by atoms with E-state index in [2.05, 4.69) is 36.7 Å². The summed E-state index contributed by atoms with van der Waals surface area (Å²) in [5, 5.41) is 1.10. The van der Waals surface area contributed by atoms with Crippen LogP contribution in [0.15, 0.2) is 0 Å². The fraction of sp³-hybridized carbons (Fsp3) is 1.00. The van der Waals surface area contributed by atoms with Crippen LogP contribution < -0.4 is 0 Å². The highest BCUT2D eigenvalue weighted by Gasteiger charge is 2.30. The van der Waals surface area contributed by atoms with Gasteiger partial charge in [0.15, 0.2) is 0 Å². The van der Waals surface area contributed by atoms with Crippen LogP contribution in [0.3, 0.4) is 0 Å². The third-order valence-electron chi connectivity index (χ3n) is 4.04. The van der Waals surface area contributed by atoms with Crippen LogP contribution in [0.4, 0.5) is 0 Å². The van der Waals surface area contributed by atoms with Gasteiger partial charge in [-0.2, -0.15) is 0 Å². The van der Waals surface area contributed by atoms with Crippen molar-refractivity contribution < 1.29 is 4.74 Å². The second-order valence-electron chi connectivity index (χ2n) is 5.81. The summed E-state index contributed by atoms with van der Waals surface area (Å²) >= 11 is 3.71. The molecule has 0 bridgehead atoms. The van der Waals surface area contributed by atoms with Crippen molar-refractivity contribution in [1.82, 2.24) is 0 Å². The van der Waals surface area contributed by atoms with E-state index < -0.39 is 0 Å². The first kappa shape index (κ1) is 14.5.